The molecular weight excluding hydrogens is 276 g/mol. The number of hydrogen-bond acceptors (Lipinski definition) is 6. The van der Waals surface area contributed by atoms with Crippen LogP contribution in [0, 0.1) is 0 Å². The van der Waals surface area contributed by atoms with Gasteiger partial charge in [-0.1, -0.05) is 0 Å². The van der Waals surface area contributed by atoms with Crippen LogP contribution in [0.2, 0.25) is 0 Å². The number of aromatic nitrogens is 3. The van der Waals surface area contributed by atoms with Gasteiger partial charge in [-0.05, 0) is 6.07 Å². The Hall–Kier alpha value is -2.90. The van der Waals surface area contributed by atoms with E-state index in [1.165, 1.54) is 31.9 Å². The Kier molecular flexibility index (Phi) is 4.50. The number of esters is 1. The highest BCUT2D eigenvalue weighted by Gasteiger charge is 2.23. The van der Waals surface area contributed by atoms with Crippen LogP contribution in [-0.4, -0.2) is 45.1 Å². The summed E-state index contributed by atoms with van der Waals surface area (Å²) in [6.45, 7) is 0. The summed E-state index contributed by atoms with van der Waals surface area (Å²) in [5.74, 6) is -1.25. The van der Waals surface area contributed by atoms with Gasteiger partial charge in [0.15, 0.2) is 0 Å². The van der Waals surface area contributed by atoms with E-state index in [0.29, 0.717) is 5.69 Å². The van der Waals surface area contributed by atoms with Crippen molar-refractivity contribution in [3.63, 3.8) is 0 Å². The van der Waals surface area contributed by atoms with E-state index in [1.54, 1.807) is 6.20 Å². The average molecular weight is 290 g/mol. The highest BCUT2D eigenvalue weighted by Crippen LogP contribution is 2.09. The topological polar surface area (TPSA) is 117 Å². The molecule has 0 aliphatic carbocycles. The van der Waals surface area contributed by atoms with Gasteiger partial charge in [0, 0.05) is 24.5 Å². The van der Waals surface area contributed by atoms with Crippen LogP contribution < -0.4 is 5.32 Å². The number of carbonyl (C=O) groups is 2. The Morgan fingerprint density at radius 3 is 2.81 bits per heavy atom. The van der Waals surface area contributed by atoms with Crippen LogP contribution in [0.15, 0.2) is 31.0 Å². The van der Waals surface area contributed by atoms with Gasteiger partial charge in [-0.25, -0.2) is 9.78 Å². The van der Waals surface area contributed by atoms with Crippen LogP contribution in [0.25, 0.3) is 0 Å². The maximum Gasteiger partial charge on any atom is 0.328 e. The SMILES string of the molecule is COC(=O)[C@H](Cc1cnc[nH]1)NC(=O)c1cncc(O)c1. The molecule has 8 heteroatoms. The molecule has 0 unspecified atom stereocenters. The summed E-state index contributed by atoms with van der Waals surface area (Å²) in [5.41, 5.74) is 0.827. The lowest BCUT2D eigenvalue weighted by Crippen LogP contribution is -2.43. The number of H-pyrrole nitrogens is 1. The van der Waals surface area contributed by atoms with E-state index in [4.69, 9.17) is 0 Å². The Morgan fingerprint density at radius 2 is 2.19 bits per heavy atom. The maximum absolute atomic E-state index is 12.1. The Morgan fingerprint density at radius 1 is 1.38 bits per heavy atom. The molecule has 2 rings (SSSR count). The fourth-order valence-electron chi connectivity index (χ4n) is 1.75. The molecule has 0 spiro atoms. The van der Waals surface area contributed by atoms with E-state index in [1.807, 2.05) is 0 Å². The highest BCUT2D eigenvalue weighted by atomic mass is 16.5. The van der Waals surface area contributed by atoms with Crippen molar-refractivity contribution in [2.45, 2.75) is 12.5 Å². The third-order valence-corrected chi connectivity index (χ3v) is 2.76. The van der Waals surface area contributed by atoms with E-state index < -0.39 is 17.9 Å². The first-order valence-electron chi connectivity index (χ1n) is 6.10. The second kappa shape index (κ2) is 6.51. The van der Waals surface area contributed by atoms with Crippen molar-refractivity contribution >= 4 is 11.9 Å². The van der Waals surface area contributed by atoms with Crippen LogP contribution in [0.3, 0.4) is 0 Å². The largest absolute Gasteiger partial charge is 0.506 e. The quantitative estimate of drug-likeness (QED) is 0.668. The van der Waals surface area contributed by atoms with Gasteiger partial charge in [0.2, 0.25) is 0 Å². The van der Waals surface area contributed by atoms with Crippen molar-refractivity contribution in [2.75, 3.05) is 7.11 Å². The predicted octanol–water partition coefficient (Wildman–Crippen LogP) is 0.0244. The summed E-state index contributed by atoms with van der Waals surface area (Å²) < 4.78 is 4.67. The molecule has 8 nitrogen and oxygen atoms in total. The maximum atomic E-state index is 12.1. The molecule has 2 aromatic rings. The summed E-state index contributed by atoms with van der Waals surface area (Å²) in [4.78, 5) is 34.2. The van der Waals surface area contributed by atoms with Gasteiger partial charge in [-0.2, -0.15) is 0 Å². The van der Waals surface area contributed by atoms with Gasteiger partial charge >= 0.3 is 5.97 Å². The second-order valence-corrected chi connectivity index (χ2v) is 4.26. The lowest BCUT2D eigenvalue weighted by atomic mass is 10.1. The molecule has 0 radical (unpaired) electrons. The van der Waals surface area contributed by atoms with Gasteiger partial charge < -0.3 is 20.1 Å². The number of aromatic amines is 1. The van der Waals surface area contributed by atoms with Gasteiger partial charge in [-0.3, -0.25) is 9.78 Å². The summed E-state index contributed by atoms with van der Waals surface area (Å²) >= 11 is 0. The summed E-state index contributed by atoms with van der Waals surface area (Å²) in [6.07, 6.45) is 5.74. The fraction of sp³-hybridized carbons (Fsp3) is 0.231. The molecule has 0 saturated carbocycles. The van der Waals surface area contributed by atoms with E-state index in [0.717, 1.165) is 0 Å². The molecule has 1 atom stereocenters. The smallest absolute Gasteiger partial charge is 0.328 e. The molecule has 1 amide bonds. The van der Waals surface area contributed by atoms with Crippen LogP contribution in [-0.2, 0) is 16.0 Å². The number of rotatable bonds is 5. The number of amides is 1. The Balaban J connectivity index is 2.11. The molecule has 3 N–H and O–H groups in total. The number of ether oxygens (including phenoxy) is 1. The van der Waals surface area contributed by atoms with Crippen molar-refractivity contribution in [1.82, 2.24) is 20.3 Å². The highest BCUT2D eigenvalue weighted by molar-refractivity contribution is 5.96. The minimum absolute atomic E-state index is 0.133. The zero-order valence-corrected chi connectivity index (χ0v) is 11.2. The summed E-state index contributed by atoms with van der Waals surface area (Å²) in [6, 6.07) is 0.387. The second-order valence-electron chi connectivity index (χ2n) is 4.26. The molecule has 110 valence electrons. The number of nitrogens with zero attached hydrogens (tertiary/aromatic N) is 2. The van der Waals surface area contributed by atoms with E-state index in [-0.39, 0.29) is 17.7 Å². The number of imidazole rings is 1. The molecule has 0 aliphatic rings. The van der Waals surface area contributed by atoms with Crippen LogP contribution >= 0.6 is 0 Å². The Labute approximate surface area is 120 Å². The zero-order chi connectivity index (χ0) is 15.2. The zero-order valence-electron chi connectivity index (χ0n) is 11.2. The van der Waals surface area contributed by atoms with Gasteiger partial charge in [-0.15, -0.1) is 0 Å². The fourth-order valence-corrected chi connectivity index (χ4v) is 1.75. The van der Waals surface area contributed by atoms with Crippen molar-refractivity contribution in [3.05, 3.63) is 42.2 Å². The molecule has 0 aromatic carbocycles. The molecule has 2 aromatic heterocycles. The summed E-state index contributed by atoms with van der Waals surface area (Å²) in [7, 11) is 1.24. The third-order valence-electron chi connectivity index (χ3n) is 2.76. The number of methoxy groups -OCH3 is 1. The normalized spacial score (nSPS) is 11.7. The molecule has 0 bridgehead atoms. The molecule has 0 fully saturated rings. The average Bonchev–Trinajstić information content (AvgIpc) is 2.98. The number of hydrogen-bond donors (Lipinski definition) is 3. The minimum atomic E-state index is -0.870. The predicted molar refractivity (Wildman–Crippen MR) is 71.5 cm³/mol. The van der Waals surface area contributed by atoms with Crippen molar-refractivity contribution in [3.8, 4) is 5.75 Å². The van der Waals surface area contributed by atoms with Crippen molar-refractivity contribution < 1.29 is 19.4 Å². The standard InChI is InChI=1S/C13H14N4O4/c1-21-13(20)11(3-9-5-15-7-16-9)17-12(19)8-2-10(18)6-14-4-8/h2,4-7,11,18H,3H2,1H3,(H,15,16)(H,17,19)/t11-/m0/s1. The minimum Gasteiger partial charge on any atom is -0.506 e. The van der Waals surface area contributed by atoms with Crippen LogP contribution in [0.1, 0.15) is 16.1 Å². The molecular formula is C13H14N4O4. The summed E-state index contributed by atoms with van der Waals surface area (Å²) in [5, 5.41) is 11.8. The van der Waals surface area contributed by atoms with Gasteiger partial charge in [0.25, 0.3) is 5.91 Å². The first kappa shape index (κ1) is 14.5. The van der Waals surface area contributed by atoms with Crippen LogP contribution in [0.5, 0.6) is 5.75 Å². The number of carbonyl (C=O) groups excluding carboxylic acids is 2. The van der Waals surface area contributed by atoms with E-state index >= 15 is 0 Å². The molecule has 0 aliphatic heterocycles. The van der Waals surface area contributed by atoms with Crippen molar-refractivity contribution in [2.24, 2.45) is 0 Å². The van der Waals surface area contributed by atoms with Gasteiger partial charge in [0.1, 0.15) is 11.8 Å². The number of pyridine rings is 1. The molecule has 0 saturated heterocycles. The molecule has 21 heavy (non-hydrogen) atoms. The van der Waals surface area contributed by atoms with Crippen molar-refractivity contribution in [1.29, 1.82) is 0 Å². The third kappa shape index (κ3) is 3.78. The lowest BCUT2D eigenvalue weighted by molar-refractivity contribution is -0.142. The van der Waals surface area contributed by atoms with E-state index in [2.05, 4.69) is 25.0 Å². The first-order valence-corrected chi connectivity index (χ1v) is 6.10. The van der Waals surface area contributed by atoms with E-state index in [9.17, 15) is 14.7 Å². The molecule has 2 heterocycles. The van der Waals surface area contributed by atoms with Crippen LogP contribution in [0.4, 0.5) is 0 Å². The monoisotopic (exact) mass is 290 g/mol. The van der Waals surface area contributed by atoms with Gasteiger partial charge in [0.05, 0.1) is 25.2 Å². The Bertz CT molecular complexity index is 627. The number of nitrogens with one attached hydrogen (secondary N) is 2. The number of aromatic hydroxyl groups is 1. The first-order chi connectivity index (χ1) is 10.1. The lowest BCUT2D eigenvalue weighted by Gasteiger charge is -2.15.